The van der Waals surface area contributed by atoms with Gasteiger partial charge in [0.25, 0.3) is 0 Å². The molecule has 0 N–H and O–H groups in total. The van der Waals surface area contributed by atoms with Gasteiger partial charge in [0.15, 0.2) is 5.82 Å². The zero-order chi connectivity index (χ0) is 21.1. The van der Waals surface area contributed by atoms with Crippen LogP contribution in [0.15, 0.2) is 54.7 Å². The number of nitrogens with zero attached hydrogens (tertiary/aromatic N) is 6. The molecule has 1 fully saturated rings. The molecule has 1 aliphatic heterocycles. The second-order valence-electron chi connectivity index (χ2n) is 6.81. The number of hydrogen-bond donors (Lipinski definition) is 0. The molecule has 2 heterocycles. The summed E-state index contributed by atoms with van der Waals surface area (Å²) in [7, 11) is 0. The van der Waals surface area contributed by atoms with Crippen LogP contribution < -0.4 is 4.90 Å². The van der Waals surface area contributed by atoms with E-state index in [9.17, 15) is 17.6 Å². The van der Waals surface area contributed by atoms with E-state index in [0.29, 0.717) is 43.4 Å². The third-order valence-electron chi connectivity index (χ3n) is 4.85. The number of tetrazole rings is 1. The smallest absolute Gasteiger partial charge is 0.374 e. The van der Waals surface area contributed by atoms with Crippen molar-refractivity contribution in [3.8, 4) is 5.69 Å². The number of benzene rings is 2. The van der Waals surface area contributed by atoms with Gasteiger partial charge in [-0.1, -0.05) is 6.07 Å². The van der Waals surface area contributed by atoms with Crippen molar-refractivity contribution in [1.29, 1.82) is 0 Å². The number of halogens is 4. The maximum absolute atomic E-state index is 13.1. The second kappa shape index (κ2) is 8.13. The fourth-order valence-corrected chi connectivity index (χ4v) is 3.24. The van der Waals surface area contributed by atoms with E-state index < -0.39 is 11.7 Å². The van der Waals surface area contributed by atoms with Crippen LogP contribution in [-0.2, 0) is 6.18 Å². The maximum atomic E-state index is 13.1. The third-order valence-corrected chi connectivity index (χ3v) is 4.85. The van der Waals surface area contributed by atoms with Gasteiger partial charge in [0, 0.05) is 44.1 Å². The molecule has 156 valence electrons. The van der Waals surface area contributed by atoms with Crippen LogP contribution in [0.2, 0.25) is 0 Å². The van der Waals surface area contributed by atoms with Gasteiger partial charge >= 0.3 is 6.18 Å². The Balaban J connectivity index is 1.40. The highest BCUT2D eigenvalue weighted by Gasteiger charge is 2.31. The van der Waals surface area contributed by atoms with Crippen molar-refractivity contribution in [1.82, 2.24) is 25.1 Å². The van der Waals surface area contributed by atoms with Crippen LogP contribution in [0.5, 0.6) is 0 Å². The summed E-state index contributed by atoms with van der Waals surface area (Å²) in [6.07, 6.45) is -0.742. The van der Waals surface area contributed by atoms with Gasteiger partial charge in [-0.05, 0) is 52.9 Å². The molecule has 1 aliphatic rings. The van der Waals surface area contributed by atoms with Crippen LogP contribution in [-0.4, -0.2) is 51.3 Å². The van der Waals surface area contributed by atoms with Crippen molar-refractivity contribution in [2.75, 3.05) is 31.1 Å². The van der Waals surface area contributed by atoms with Gasteiger partial charge in [-0.2, -0.15) is 17.9 Å². The summed E-state index contributed by atoms with van der Waals surface area (Å²) in [4.78, 5) is 3.98. The van der Waals surface area contributed by atoms with Crippen molar-refractivity contribution in [3.05, 3.63) is 71.9 Å². The van der Waals surface area contributed by atoms with Crippen LogP contribution in [0.1, 0.15) is 11.4 Å². The Morgan fingerprint density at radius 2 is 1.63 bits per heavy atom. The van der Waals surface area contributed by atoms with E-state index in [1.807, 2.05) is 16.0 Å². The Labute approximate surface area is 170 Å². The average molecular weight is 418 g/mol. The molecule has 0 atom stereocenters. The molecule has 3 aromatic rings. The molecule has 0 aliphatic carbocycles. The van der Waals surface area contributed by atoms with Gasteiger partial charge in [0.1, 0.15) is 5.82 Å². The molecule has 2 aromatic carbocycles. The fourth-order valence-electron chi connectivity index (χ4n) is 3.24. The highest BCUT2D eigenvalue weighted by molar-refractivity contribution is 5.50. The zero-order valence-corrected chi connectivity index (χ0v) is 15.8. The van der Waals surface area contributed by atoms with Crippen molar-refractivity contribution in [2.45, 2.75) is 6.18 Å². The summed E-state index contributed by atoms with van der Waals surface area (Å²) in [6, 6.07) is 11.2. The third kappa shape index (κ3) is 4.42. The van der Waals surface area contributed by atoms with Gasteiger partial charge in [0.05, 0.1) is 11.3 Å². The van der Waals surface area contributed by atoms with E-state index in [2.05, 4.69) is 15.5 Å². The van der Waals surface area contributed by atoms with Gasteiger partial charge in [-0.15, -0.1) is 5.10 Å². The lowest BCUT2D eigenvalue weighted by atomic mass is 10.1. The van der Waals surface area contributed by atoms with Gasteiger partial charge < -0.3 is 9.80 Å². The van der Waals surface area contributed by atoms with Crippen LogP contribution >= 0.6 is 0 Å². The molecule has 30 heavy (non-hydrogen) atoms. The number of hydrogen-bond acceptors (Lipinski definition) is 5. The number of aromatic nitrogens is 4. The highest BCUT2D eigenvalue weighted by atomic mass is 19.4. The SMILES string of the molecule is Fc1ccc(-n2nnnc2C=CN2CCN(c3cccc(C(F)(F)F)c3)CC2)cc1. The Morgan fingerprint density at radius 1 is 0.900 bits per heavy atom. The quantitative estimate of drug-likeness (QED) is 0.606. The maximum Gasteiger partial charge on any atom is 0.416 e. The van der Waals surface area contributed by atoms with E-state index in [1.54, 1.807) is 24.3 Å². The predicted octanol–water partition coefficient (Wildman–Crippen LogP) is 3.61. The summed E-state index contributed by atoms with van der Waals surface area (Å²) in [5, 5.41) is 11.6. The van der Waals surface area contributed by atoms with Crippen molar-refractivity contribution in [2.24, 2.45) is 0 Å². The summed E-state index contributed by atoms with van der Waals surface area (Å²) in [5.41, 5.74) is 0.555. The normalized spacial score (nSPS) is 15.2. The first kappa shape index (κ1) is 19.9. The highest BCUT2D eigenvalue weighted by Crippen LogP contribution is 2.31. The van der Waals surface area contributed by atoms with Crippen LogP contribution in [0.4, 0.5) is 23.2 Å². The van der Waals surface area contributed by atoms with Gasteiger partial charge in [-0.25, -0.2) is 4.39 Å². The van der Waals surface area contributed by atoms with Crippen molar-refractivity contribution >= 4 is 11.8 Å². The minimum atomic E-state index is -4.35. The number of anilines is 1. The fraction of sp³-hybridized carbons (Fsp3) is 0.250. The predicted molar refractivity (Wildman–Crippen MR) is 103 cm³/mol. The average Bonchev–Trinajstić information content (AvgIpc) is 3.21. The minimum absolute atomic E-state index is 0.345. The standard InChI is InChI=1S/C20H18F4N6/c21-16-4-6-17(7-5-16)30-19(25-26-27-30)8-9-28-10-12-29(13-11-28)18-3-1-2-15(14-18)20(22,23)24/h1-9,14H,10-13H2. The first-order valence-corrected chi connectivity index (χ1v) is 9.29. The molecule has 0 bridgehead atoms. The lowest BCUT2D eigenvalue weighted by molar-refractivity contribution is -0.137. The largest absolute Gasteiger partial charge is 0.416 e. The van der Waals surface area contributed by atoms with E-state index in [1.165, 1.54) is 28.9 Å². The zero-order valence-electron chi connectivity index (χ0n) is 15.8. The Bertz CT molecular complexity index is 1020. The van der Waals surface area contributed by atoms with E-state index in [4.69, 9.17) is 0 Å². The molecule has 1 aromatic heterocycles. The van der Waals surface area contributed by atoms with Gasteiger partial charge in [0.2, 0.25) is 0 Å². The summed E-state index contributed by atoms with van der Waals surface area (Å²) >= 11 is 0. The Kier molecular flexibility index (Phi) is 5.39. The topological polar surface area (TPSA) is 50.1 Å². The van der Waals surface area contributed by atoms with Crippen molar-refractivity contribution < 1.29 is 17.6 Å². The van der Waals surface area contributed by atoms with Crippen LogP contribution in [0.25, 0.3) is 11.8 Å². The van der Waals surface area contributed by atoms with E-state index in [-0.39, 0.29) is 5.82 Å². The lowest BCUT2D eigenvalue weighted by Crippen LogP contribution is -2.44. The summed E-state index contributed by atoms with van der Waals surface area (Å²) in [5.74, 6) is 0.143. The summed E-state index contributed by atoms with van der Waals surface area (Å²) < 4.78 is 53.4. The molecular formula is C20H18F4N6. The molecule has 6 nitrogen and oxygen atoms in total. The number of alkyl halides is 3. The Hall–Kier alpha value is -3.43. The van der Waals surface area contributed by atoms with Crippen LogP contribution in [0, 0.1) is 5.82 Å². The molecule has 0 unspecified atom stereocenters. The van der Waals surface area contributed by atoms with E-state index in [0.717, 1.165) is 6.07 Å². The molecule has 0 spiro atoms. The molecule has 0 saturated carbocycles. The monoisotopic (exact) mass is 418 g/mol. The van der Waals surface area contributed by atoms with Crippen molar-refractivity contribution in [3.63, 3.8) is 0 Å². The molecule has 4 rings (SSSR count). The first-order chi connectivity index (χ1) is 14.4. The molecule has 1 saturated heterocycles. The molecular weight excluding hydrogens is 400 g/mol. The molecule has 10 heteroatoms. The second-order valence-corrected chi connectivity index (χ2v) is 6.81. The molecule has 0 radical (unpaired) electrons. The lowest BCUT2D eigenvalue weighted by Gasteiger charge is -2.35. The Morgan fingerprint density at radius 3 is 2.33 bits per heavy atom. The van der Waals surface area contributed by atoms with Crippen LogP contribution in [0.3, 0.4) is 0 Å². The first-order valence-electron chi connectivity index (χ1n) is 9.29. The number of rotatable bonds is 4. The van der Waals surface area contributed by atoms with Gasteiger partial charge in [-0.3, -0.25) is 0 Å². The van der Waals surface area contributed by atoms with E-state index >= 15 is 0 Å². The minimum Gasteiger partial charge on any atom is -0.374 e. The summed E-state index contributed by atoms with van der Waals surface area (Å²) in [6.45, 7) is 2.47. The number of piperazine rings is 1. The molecule has 0 amide bonds.